The molecule has 0 radical (unpaired) electrons. The molecule has 4 atom stereocenters. The summed E-state index contributed by atoms with van der Waals surface area (Å²) in [6.07, 6.45) is 0.603. The van der Waals surface area contributed by atoms with Crippen molar-refractivity contribution in [2.75, 3.05) is 33.3 Å². The van der Waals surface area contributed by atoms with Crippen LogP contribution in [0.1, 0.15) is 43.2 Å². The van der Waals surface area contributed by atoms with Crippen LogP contribution in [0.3, 0.4) is 0 Å². The second-order valence-corrected chi connectivity index (χ2v) is 16.1. The molecule has 1 amide bonds. The summed E-state index contributed by atoms with van der Waals surface area (Å²) < 4.78 is 41.1. The van der Waals surface area contributed by atoms with Gasteiger partial charge in [0.2, 0.25) is 15.9 Å². The van der Waals surface area contributed by atoms with Crippen LogP contribution in [-0.2, 0) is 31.8 Å². The topological polar surface area (TPSA) is 190 Å². The number of halogens is 1. The number of rotatable bonds is 17. The van der Waals surface area contributed by atoms with E-state index in [4.69, 9.17) is 26.2 Å². The normalized spacial score (nSPS) is 19.8. The van der Waals surface area contributed by atoms with Gasteiger partial charge >= 0.3 is 0 Å². The maximum atomic E-state index is 13.6. The second-order valence-electron chi connectivity index (χ2n) is 13.7. The highest BCUT2D eigenvalue weighted by Gasteiger charge is 2.48. The van der Waals surface area contributed by atoms with Crippen molar-refractivity contribution in [1.29, 1.82) is 0 Å². The van der Waals surface area contributed by atoms with Crippen LogP contribution in [0, 0.1) is 5.92 Å². The maximum absolute atomic E-state index is 13.6. The fraction of sp³-hybridized carbons (Fsp3) is 0.500. The number of para-hydroxylation sites is 1. The van der Waals surface area contributed by atoms with Crippen LogP contribution in [0.15, 0.2) is 65.8 Å². The molecule has 13 nitrogen and oxygen atoms in total. The molecule has 0 bridgehead atoms. The number of carbonyl (C=O) groups is 1. The second kappa shape index (κ2) is 15.4. The third-order valence-corrected chi connectivity index (χ3v) is 12.0. The molecule has 4 unspecified atom stereocenters. The molecule has 3 aliphatic rings. The van der Waals surface area contributed by atoms with Crippen LogP contribution < -0.4 is 4.74 Å². The van der Waals surface area contributed by atoms with Crippen LogP contribution >= 0.6 is 11.6 Å². The van der Waals surface area contributed by atoms with E-state index in [-0.39, 0.29) is 49.6 Å². The van der Waals surface area contributed by atoms with Crippen LogP contribution in [-0.4, -0.2) is 118 Å². The summed E-state index contributed by atoms with van der Waals surface area (Å²) in [5.74, 6) is 0.160. The number of nitrogens with zero attached hydrogens (tertiary/aromatic N) is 3. The summed E-state index contributed by atoms with van der Waals surface area (Å²) in [6.45, 7) is -0.850. The number of aromatic nitrogens is 1. The number of aliphatic hydroxyl groups is 5. The third kappa shape index (κ3) is 8.40. The predicted octanol–water partition coefficient (Wildman–Crippen LogP) is 2.05. The van der Waals surface area contributed by atoms with Gasteiger partial charge in [0.25, 0.3) is 0 Å². The summed E-state index contributed by atoms with van der Waals surface area (Å²) in [4.78, 5) is 18.4. The minimum Gasteiger partial charge on any atom is -0.490 e. The largest absolute Gasteiger partial charge is 0.490 e. The number of sulfonamides is 1. The van der Waals surface area contributed by atoms with E-state index in [0.717, 1.165) is 53.0 Å². The molecule has 1 aromatic heterocycles. The molecule has 1 aliphatic heterocycles. The Bertz CT molecular complexity index is 1820. The predicted molar refractivity (Wildman–Crippen MR) is 186 cm³/mol. The number of likely N-dealkylation sites (N-methyl/N-ethyl adjacent to an activating group) is 1. The number of carbonyl (C=O) groups excluding carboxylic acids is 1. The highest BCUT2D eigenvalue weighted by atomic mass is 35.5. The van der Waals surface area contributed by atoms with Gasteiger partial charge in [0, 0.05) is 61.6 Å². The van der Waals surface area contributed by atoms with Gasteiger partial charge in [-0.1, -0.05) is 29.8 Å². The molecule has 0 spiro atoms. The molecule has 3 aromatic rings. The van der Waals surface area contributed by atoms with Gasteiger partial charge in [-0.25, -0.2) is 8.42 Å². The van der Waals surface area contributed by atoms with Crippen molar-refractivity contribution in [3.63, 3.8) is 0 Å². The lowest BCUT2D eigenvalue weighted by Gasteiger charge is -2.38. The molecule has 2 heterocycles. The fourth-order valence-corrected chi connectivity index (χ4v) is 8.06. The molecular formula is C36H44ClN3O10S. The molecule has 276 valence electrons. The zero-order valence-corrected chi connectivity index (χ0v) is 29.8. The van der Waals surface area contributed by atoms with Gasteiger partial charge in [0.05, 0.1) is 29.8 Å². The van der Waals surface area contributed by atoms with Crippen molar-refractivity contribution in [2.45, 2.75) is 79.7 Å². The van der Waals surface area contributed by atoms with Gasteiger partial charge in [-0.05, 0) is 73.1 Å². The van der Waals surface area contributed by atoms with Crippen molar-refractivity contribution >= 4 is 27.5 Å². The molecule has 51 heavy (non-hydrogen) atoms. The van der Waals surface area contributed by atoms with Gasteiger partial charge in [-0.3, -0.25) is 9.78 Å². The molecule has 1 saturated heterocycles. The number of amides is 1. The highest BCUT2D eigenvalue weighted by molar-refractivity contribution is 7.89. The van der Waals surface area contributed by atoms with E-state index in [1.807, 2.05) is 36.5 Å². The van der Waals surface area contributed by atoms with Crippen molar-refractivity contribution in [2.24, 2.45) is 5.92 Å². The summed E-state index contributed by atoms with van der Waals surface area (Å²) >= 11 is 6.55. The van der Waals surface area contributed by atoms with Crippen molar-refractivity contribution in [3.05, 3.63) is 77.1 Å². The Morgan fingerprint density at radius 2 is 1.75 bits per heavy atom. The Labute approximate surface area is 302 Å². The first-order valence-electron chi connectivity index (χ1n) is 17.0. The summed E-state index contributed by atoms with van der Waals surface area (Å²) in [5.41, 5.74) is 2.80. The number of aliphatic hydroxyl groups excluding tert-OH is 5. The first-order chi connectivity index (χ1) is 24.3. The lowest BCUT2D eigenvalue weighted by Crippen LogP contribution is -2.52. The average molecular weight is 746 g/mol. The van der Waals surface area contributed by atoms with Crippen molar-refractivity contribution in [1.82, 2.24) is 14.2 Å². The Kier molecular flexibility index (Phi) is 11.4. The first-order valence-corrected chi connectivity index (χ1v) is 18.8. The minimum absolute atomic E-state index is 0.00244. The Morgan fingerprint density at radius 3 is 2.43 bits per heavy atom. The van der Waals surface area contributed by atoms with E-state index >= 15 is 0 Å². The molecule has 15 heteroatoms. The third-order valence-electron chi connectivity index (χ3n) is 9.77. The lowest BCUT2D eigenvalue weighted by molar-refractivity contribution is -0.139. The molecule has 6 rings (SSSR count). The number of pyridine rings is 1. The summed E-state index contributed by atoms with van der Waals surface area (Å²) in [7, 11) is -2.49. The number of benzene rings is 2. The van der Waals surface area contributed by atoms with Crippen LogP contribution in [0.4, 0.5) is 0 Å². The Morgan fingerprint density at radius 1 is 1.04 bits per heavy atom. The molecule has 5 N–H and O–H groups in total. The lowest BCUT2D eigenvalue weighted by atomic mass is 9.96. The van der Waals surface area contributed by atoms with E-state index in [1.165, 1.54) is 23.5 Å². The average Bonchev–Trinajstić information content (AvgIpc) is 4.05. The van der Waals surface area contributed by atoms with Crippen LogP contribution in [0.5, 0.6) is 5.75 Å². The quantitative estimate of drug-likeness (QED) is 0.136. The Balaban J connectivity index is 1.06. The zero-order valence-electron chi connectivity index (χ0n) is 28.2. The van der Waals surface area contributed by atoms with Crippen LogP contribution in [0.2, 0.25) is 5.02 Å². The molecular weight excluding hydrogens is 702 g/mol. The zero-order chi connectivity index (χ0) is 36.5. The Hall–Kier alpha value is -3.18. The number of hydrogen-bond donors (Lipinski definition) is 5. The van der Waals surface area contributed by atoms with E-state index in [2.05, 4.69) is 4.98 Å². The van der Waals surface area contributed by atoms with Gasteiger partial charge in [0.1, 0.15) is 30.2 Å². The first kappa shape index (κ1) is 37.6. The molecule has 3 fully saturated rings. The summed E-state index contributed by atoms with van der Waals surface area (Å²) in [6, 6.07) is 14.4. The van der Waals surface area contributed by atoms with E-state index < -0.39 is 52.6 Å². The van der Waals surface area contributed by atoms with Crippen molar-refractivity contribution < 1.29 is 48.2 Å². The minimum atomic E-state index is -3.90. The molecule has 2 aromatic carbocycles. The number of ether oxygens (including phenoxy) is 2. The maximum Gasteiger partial charge on any atom is 0.243 e. The number of hydrogen-bond acceptors (Lipinski definition) is 11. The van der Waals surface area contributed by atoms with Crippen LogP contribution in [0.25, 0.3) is 11.1 Å². The van der Waals surface area contributed by atoms with E-state index in [1.54, 1.807) is 12.3 Å². The SMILES string of the molecule is CN(CC(O)C(O)C(O)C(O)CO)C(=O)CC1CN(S(=O)(=O)c2ccc(Cl)c(COC3(c4cnccc4-c4ccccc4OC4CC4)CC3)c2)C1. The van der Waals surface area contributed by atoms with Gasteiger partial charge in [-0.2, -0.15) is 4.31 Å². The smallest absolute Gasteiger partial charge is 0.243 e. The van der Waals surface area contributed by atoms with Crippen molar-refractivity contribution in [3.8, 4) is 16.9 Å². The highest BCUT2D eigenvalue weighted by Crippen LogP contribution is 2.53. The monoisotopic (exact) mass is 745 g/mol. The summed E-state index contributed by atoms with van der Waals surface area (Å²) in [5, 5.41) is 48.9. The van der Waals surface area contributed by atoms with E-state index in [0.29, 0.717) is 10.6 Å². The molecule has 2 saturated carbocycles. The van der Waals surface area contributed by atoms with Gasteiger partial charge in [-0.15, -0.1) is 0 Å². The standard InChI is InChI=1S/C36H44ClN3O10S/c1-39(19-30(42)34(45)35(46)31(43)20-41)33(44)14-22-17-40(18-22)51(47,48)25-8-9-29(37)23(15-25)21-49-36(11-12-36)28-16-38-13-10-26(28)27-4-2-3-5-32(27)50-24-6-7-24/h2-5,8-10,13,15-16,22,24,30-31,34-35,41-43,45-46H,6-7,11-12,14,17-21H2,1H3. The fourth-order valence-electron chi connectivity index (χ4n) is 6.25. The van der Waals surface area contributed by atoms with E-state index in [9.17, 15) is 33.6 Å². The van der Waals surface area contributed by atoms with Gasteiger partial charge < -0.3 is 39.9 Å². The van der Waals surface area contributed by atoms with Gasteiger partial charge in [0.15, 0.2) is 0 Å². The molecule has 2 aliphatic carbocycles.